The van der Waals surface area contributed by atoms with Crippen LogP contribution in [0, 0.1) is 5.92 Å². The molecule has 1 atom stereocenters. The van der Waals surface area contributed by atoms with E-state index in [1.165, 1.54) is 18.4 Å². The van der Waals surface area contributed by atoms with Crippen LogP contribution in [-0.4, -0.2) is 31.5 Å². The van der Waals surface area contributed by atoms with Crippen molar-refractivity contribution in [1.82, 2.24) is 5.32 Å². The van der Waals surface area contributed by atoms with Gasteiger partial charge in [0.05, 0.1) is 13.7 Å². The summed E-state index contributed by atoms with van der Waals surface area (Å²) in [6, 6.07) is 6.49. The molecule has 0 saturated heterocycles. The second-order valence-electron chi connectivity index (χ2n) is 5.06. The number of aliphatic hydroxyl groups is 1. The van der Waals surface area contributed by atoms with Crippen LogP contribution in [0.15, 0.2) is 18.2 Å². The number of hydrogen-bond acceptors (Lipinski definition) is 4. The summed E-state index contributed by atoms with van der Waals surface area (Å²) in [5.74, 6) is 2.25. The quantitative estimate of drug-likeness (QED) is 0.754. The molecule has 0 radical (unpaired) electrons. The summed E-state index contributed by atoms with van der Waals surface area (Å²) in [5, 5.41) is 12.3. The molecule has 0 aliphatic heterocycles. The summed E-state index contributed by atoms with van der Waals surface area (Å²) < 4.78 is 10.7. The molecule has 4 nitrogen and oxygen atoms in total. The zero-order valence-electron chi connectivity index (χ0n) is 11.7. The molecule has 1 unspecified atom stereocenters. The second-order valence-corrected chi connectivity index (χ2v) is 5.06. The van der Waals surface area contributed by atoms with Crippen LogP contribution in [0.1, 0.15) is 25.3 Å². The van der Waals surface area contributed by atoms with Crippen LogP contribution in [0.4, 0.5) is 0 Å². The van der Waals surface area contributed by atoms with Gasteiger partial charge in [-0.05, 0) is 43.4 Å². The third-order valence-corrected chi connectivity index (χ3v) is 3.53. The number of hydrogen-bond donors (Lipinski definition) is 2. The van der Waals surface area contributed by atoms with Crippen molar-refractivity contribution in [2.45, 2.75) is 32.4 Å². The van der Waals surface area contributed by atoms with E-state index in [4.69, 9.17) is 14.6 Å². The average Bonchev–Trinajstić information content (AvgIpc) is 3.27. The summed E-state index contributed by atoms with van der Waals surface area (Å²) in [6.07, 6.45) is 2.71. The topological polar surface area (TPSA) is 50.7 Å². The van der Waals surface area contributed by atoms with Crippen LogP contribution in [0.2, 0.25) is 0 Å². The fourth-order valence-electron chi connectivity index (χ4n) is 2.14. The molecule has 19 heavy (non-hydrogen) atoms. The Hall–Kier alpha value is -1.26. The van der Waals surface area contributed by atoms with E-state index in [0.717, 1.165) is 12.5 Å². The lowest BCUT2D eigenvalue weighted by molar-refractivity contribution is 0.196. The van der Waals surface area contributed by atoms with Crippen LogP contribution in [0.25, 0.3) is 0 Å². The van der Waals surface area contributed by atoms with Crippen LogP contribution in [0.5, 0.6) is 11.5 Å². The molecule has 1 aromatic rings. The Bertz CT molecular complexity index is 404. The summed E-state index contributed by atoms with van der Waals surface area (Å²) in [7, 11) is 1.63. The van der Waals surface area contributed by atoms with Gasteiger partial charge in [-0.1, -0.05) is 6.07 Å². The van der Waals surface area contributed by atoms with Gasteiger partial charge in [-0.3, -0.25) is 0 Å². The zero-order valence-corrected chi connectivity index (χ0v) is 11.7. The largest absolute Gasteiger partial charge is 0.493 e. The highest BCUT2D eigenvalue weighted by molar-refractivity contribution is 5.42. The molecular formula is C15H23NO3. The van der Waals surface area contributed by atoms with Crippen molar-refractivity contribution in [2.24, 2.45) is 5.92 Å². The molecule has 4 heteroatoms. The van der Waals surface area contributed by atoms with E-state index in [1.807, 2.05) is 18.2 Å². The summed E-state index contributed by atoms with van der Waals surface area (Å²) in [5.41, 5.74) is 1.18. The highest BCUT2D eigenvalue weighted by atomic mass is 16.5. The standard InChI is InChI=1S/C15H23NO3/c1-11(13-4-5-13)16-10-12-3-6-14(19-8-7-17)15(9-12)18-2/h3,6,9,11,13,16-17H,4-5,7-8,10H2,1-2H3. The molecule has 1 aromatic carbocycles. The monoisotopic (exact) mass is 265 g/mol. The molecule has 106 valence electrons. The maximum Gasteiger partial charge on any atom is 0.161 e. The number of aliphatic hydroxyl groups excluding tert-OH is 1. The first-order valence-electron chi connectivity index (χ1n) is 6.88. The fourth-order valence-corrected chi connectivity index (χ4v) is 2.14. The van der Waals surface area contributed by atoms with Crippen molar-refractivity contribution in [2.75, 3.05) is 20.3 Å². The van der Waals surface area contributed by atoms with Gasteiger partial charge in [-0.25, -0.2) is 0 Å². The van der Waals surface area contributed by atoms with Gasteiger partial charge in [0.2, 0.25) is 0 Å². The molecule has 1 aliphatic rings. The average molecular weight is 265 g/mol. The van der Waals surface area contributed by atoms with Crippen molar-refractivity contribution in [3.05, 3.63) is 23.8 Å². The van der Waals surface area contributed by atoms with E-state index < -0.39 is 0 Å². The van der Waals surface area contributed by atoms with Gasteiger partial charge >= 0.3 is 0 Å². The van der Waals surface area contributed by atoms with Gasteiger partial charge in [-0.15, -0.1) is 0 Å². The molecule has 0 amide bonds. The first-order valence-corrected chi connectivity index (χ1v) is 6.88. The van der Waals surface area contributed by atoms with Crippen molar-refractivity contribution in [3.63, 3.8) is 0 Å². The fraction of sp³-hybridized carbons (Fsp3) is 0.600. The number of methoxy groups -OCH3 is 1. The van der Waals surface area contributed by atoms with Crippen LogP contribution < -0.4 is 14.8 Å². The number of ether oxygens (including phenoxy) is 2. The normalized spacial score (nSPS) is 16.2. The minimum atomic E-state index is 0.00532. The highest BCUT2D eigenvalue weighted by Gasteiger charge is 2.27. The van der Waals surface area contributed by atoms with Crippen molar-refractivity contribution >= 4 is 0 Å². The highest BCUT2D eigenvalue weighted by Crippen LogP contribution is 2.33. The zero-order chi connectivity index (χ0) is 13.7. The Morgan fingerprint density at radius 1 is 1.37 bits per heavy atom. The third kappa shape index (κ3) is 4.11. The smallest absolute Gasteiger partial charge is 0.161 e. The van der Waals surface area contributed by atoms with Crippen LogP contribution >= 0.6 is 0 Å². The molecule has 0 heterocycles. The van der Waals surface area contributed by atoms with Gasteiger partial charge in [-0.2, -0.15) is 0 Å². The van der Waals surface area contributed by atoms with Gasteiger partial charge in [0.15, 0.2) is 11.5 Å². The lowest BCUT2D eigenvalue weighted by atomic mass is 10.1. The SMILES string of the molecule is COc1cc(CNC(C)C2CC2)ccc1OCCO. The molecule has 2 N–H and O–H groups in total. The number of nitrogens with one attached hydrogen (secondary N) is 1. The Morgan fingerprint density at radius 2 is 2.16 bits per heavy atom. The maximum atomic E-state index is 8.77. The van der Waals surface area contributed by atoms with E-state index in [-0.39, 0.29) is 13.2 Å². The third-order valence-electron chi connectivity index (χ3n) is 3.53. The predicted octanol–water partition coefficient (Wildman–Crippen LogP) is 1.95. The maximum absolute atomic E-state index is 8.77. The molecule has 0 aromatic heterocycles. The van der Waals surface area contributed by atoms with Gasteiger partial charge in [0.1, 0.15) is 6.61 Å². The van der Waals surface area contributed by atoms with Crippen molar-refractivity contribution < 1.29 is 14.6 Å². The second kappa shape index (κ2) is 6.78. The van der Waals surface area contributed by atoms with Gasteiger partial charge in [0.25, 0.3) is 0 Å². The predicted molar refractivity (Wildman–Crippen MR) is 74.6 cm³/mol. The Morgan fingerprint density at radius 3 is 2.79 bits per heavy atom. The lowest BCUT2D eigenvalue weighted by Crippen LogP contribution is -2.27. The number of rotatable bonds is 8. The van der Waals surface area contributed by atoms with Gasteiger partial charge < -0.3 is 19.9 Å². The minimum Gasteiger partial charge on any atom is -0.493 e. The first-order chi connectivity index (χ1) is 9.24. The summed E-state index contributed by atoms with van der Waals surface area (Å²) >= 11 is 0. The minimum absolute atomic E-state index is 0.00532. The van der Waals surface area contributed by atoms with E-state index in [2.05, 4.69) is 12.2 Å². The first kappa shape index (κ1) is 14.2. The summed E-state index contributed by atoms with van der Waals surface area (Å²) in [4.78, 5) is 0. The summed E-state index contributed by atoms with van der Waals surface area (Å²) in [6.45, 7) is 3.37. The molecule has 0 spiro atoms. The molecule has 1 fully saturated rings. The Balaban J connectivity index is 1.93. The van der Waals surface area contributed by atoms with Crippen LogP contribution in [-0.2, 0) is 6.54 Å². The van der Waals surface area contributed by atoms with E-state index >= 15 is 0 Å². The molecule has 0 bridgehead atoms. The Kier molecular flexibility index (Phi) is 5.05. The van der Waals surface area contributed by atoms with Gasteiger partial charge in [0, 0.05) is 12.6 Å². The van der Waals surface area contributed by atoms with Crippen LogP contribution in [0.3, 0.4) is 0 Å². The Labute approximate surface area is 114 Å². The van der Waals surface area contributed by atoms with E-state index in [0.29, 0.717) is 17.5 Å². The van der Waals surface area contributed by atoms with E-state index in [9.17, 15) is 0 Å². The molecule has 1 aliphatic carbocycles. The van der Waals surface area contributed by atoms with E-state index in [1.54, 1.807) is 7.11 Å². The molecule has 1 saturated carbocycles. The molecule has 2 rings (SSSR count). The lowest BCUT2D eigenvalue weighted by Gasteiger charge is -2.15. The molecular weight excluding hydrogens is 242 g/mol. The van der Waals surface area contributed by atoms with Crippen molar-refractivity contribution in [1.29, 1.82) is 0 Å². The van der Waals surface area contributed by atoms with Crippen molar-refractivity contribution in [3.8, 4) is 11.5 Å². The number of benzene rings is 1.